The van der Waals surface area contributed by atoms with Gasteiger partial charge in [0.2, 0.25) is 0 Å². The monoisotopic (exact) mass is 269 g/mol. The molecule has 0 aliphatic carbocycles. The lowest BCUT2D eigenvalue weighted by molar-refractivity contribution is 0.102. The Labute approximate surface area is 114 Å². The first-order valence-electron chi connectivity index (χ1n) is 6.66. The summed E-state index contributed by atoms with van der Waals surface area (Å²) in [6, 6.07) is 4.90. The van der Waals surface area contributed by atoms with Crippen LogP contribution in [-0.4, -0.2) is 23.4 Å². The van der Waals surface area contributed by atoms with Gasteiger partial charge in [-0.05, 0) is 44.9 Å². The second kappa shape index (κ2) is 6.87. The van der Waals surface area contributed by atoms with Crippen LogP contribution < -0.4 is 10.1 Å². The molecule has 2 N–H and O–H groups in total. The molecule has 0 spiro atoms. The molecule has 0 aliphatic rings. The number of halogens is 1. The molecule has 1 aromatic rings. The average Bonchev–Trinajstić information content (AvgIpc) is 2.34. The average molecular weight is 269 g/mol. The molecule has 3 nitrogen and oxygen atoms in total. The minimum atomic E-state index is -0.554. The third-order valence-corrected chi connectivity index (χ3v) is 2.72. The highest BCUT2D eigenvalue weighted by Crippen LogP contribution is 2.19. The molecule has 0 radical (unpaired) electrons. The van der Waals surface area contributed by atoms with Gasteiger partial charge in [0.05, 0.1) is 6.10 Å². The van der Waals surface area contributed by atoms with Gasteiger partial charge in [0, 0.05) is 12.1 Å². The van der Waals surface area contributed by atoms with Crippen LogP contribution in [0.5, 0.6) is 5.75 Å². The van der Waals surface area contributed by atoms with E-state index < -0.39 is 11.9 Å². The molecule has 1 aromatic carbocycles. The van der Waals surface area contributed by atoms with E-state index in [0.29, 0.717) is 13.0 Å². The van der Waals surface area contributed by atoms with Gasteiger partial charge >= 0.3 is 0 Å². The first-order valence-corrected chi connectivity index (χ1v) is 6.66. The third kappa shape index (κ3) is 6.03. The summed E-state index contributed by atoms with van der Waals surface area (Å²) in [5.41, 5.74) is 0.868. The Hall–Kier alpha value is -1.13. The third-order valence-electron chi connectivity index (χ3n) is 2.72. The summed E-state index contributed by atoms with van der Waals surface area (Å²) in [4.78, 5) is 0. The number of benzene rings is 1. The summed E-state index contributed by atoms with van der Waals surface area (Å²) >= 11 is 0. The van der Waals surface area contributed by atoms with Gasteiger partial charge in [-0.3, -0.25) is 0 Å². The predicted octanol–water partition coefficient (Wildman–Crippen LogP) is 2.86. The lowest BCUT2D eigenvalue weighted by atomic mass is 10.1. The van der Waals surface area contributed by atoms with Crippen LogP contribution in [-0.2, 0) is 6.54 Å². The van der Waals surface area contributed by atoms with Gasteiger partial charge in [-0.25, -0.2) is 4.39 Å². The summed E-state index contributed by atoms with van der Waals surface area (Å²) in [7, 11) is 0. The molecule has 0 amide bonds. The van der Waals surface area contributed by atoms with Crippen molar-refractivity contribution in [2.75, 3.05) is 6.61 Å². The fourth-order valence-corrected chi connectivity index (χ4v) is 1.44. The normalized spacial score (nSPS) is 13.4. The van der Waals surface area contributed by atoms with Crippen LogP contribution in [0.4, 0.5) is 4.39 Å². The number of hydrogen-bond acceptors (Lipinski definition) is 3. The van der Waals surface area contributed by atoms with E-state index in [1.54, 1.807) is 6.07 Å². The van der Waals surface area contributed by atoms with Crippen molar-refractivity contribution in [1.29, 1.82) is 0 Å². The van der Waals surface area contributed by atoms with Crippen LogP contribution in [0, 0.1) is 5.82 Å². The Morgan fingerprint density at radius 2 is 2.05 bits per heavy atom. The van der Waals surface area contributed by atoms with Crippen molar-refractivity contribution in [2.45, 2.75) is 52.3 Å². The van der Waals surface area contributed by atoms with Crippen molar-refractivity contribution >= 4 is 0 Å². The lowest BCUT2D eigenvalue weighted by Gasteiger charge is -2.20. The van der Waals surface area contributed by atoms with Crippen molar-refractivity contribution in [3.8, 4) is 5.75 Å². The van der Waals surface area contributed by atoms with E-state index in [-0.39, 0.29) is 17.9 Å². The largest absolute Gasteiger partial charge is 0.488 e. The van der Waals surface area contributed by atoms with E-state index in [0.717, 1.165) is 5.56 Å². The number of aliphatic hydroxyl groups is 1. The SMILES string of the molecule is CCC(O)COc1ccc(CNC(C)(C)C)cc1F. The number of nitrogens with one attached hydrogen (secondary N) is 1. The molecule has 0 bridgehead atoms. The van der Waals surface area contributed by atoms with E-state index in [1.165, 1.54) is 6.07 Å². The number of rotatable bonds is 6. The summed E-state index contributed by atoms with van der Waals surface area (Å²) in [6.07, 6.45) is 0.0384. The molecule has 4 heteroatoms. The van der Waals surface area contributed by atoms with Crippen molar-refractivity contribution < 1.29 is 14.2 Å². The lowest BCUT2D eigenvalue weighted by Crippen LogP contribution is -2.35. The fourth-order valence-electron chi connectivity index (χ4n) is 1.44. The van der Waals surface area contributed by atoms with Gasteiger partial charge in [-0.2, -0.15) is 0 Å². The van der Waals surface area contributed by atoms with Crippen molar-refractivity contribution in [3.63, 3.8) is 0 Å². The summed E-state index contributed by atoms with van der Waals surface area (Å²) in [5, 5.41) is 12.7. The van der Waals surface area contributed by atoms with Gasteiger partial charge in [0.1, 0.15) is 6.61 Å². The number of hydrogen-bond donors (Lipinski definition) is 2. The van der Waals surface area contributed by atoms with E-state index in [9.17, 15) is 9.50 Å². The van der Waals surface area contributed by atoms with Crippen LogP contribution in [0.3, 0.4) is 0 Å². The predicted molar refractivity (Wildman–Crippen MR) is 74.8 cm³/mol. The Bertz CT molecular complexity index is 402. The number of aliphatic hydroxyl groups excluding tert-OH is 1. The van der Waals surface area contributed by atoms with Crippen LogP contribution >= 0.6 is 0 Å². The van der Waals surface area contributed by atoms with Crippen LogP contribution in [0.2, 0.25) is 0 Å². The molecule has 1 unspecified atom stereocenters. The standard InChI is InChI=1S/C15H24FNO2/c1-5-12(18)10-19-14-7-6-11(8-13(14)16)9-17-15(2,3)4/h6-8,12,17-18H,5,9-10H2,1-4H3. The van der Waals surface area contributed by atoms with Crippen LogP contribution in [0.25, 0.3) is 0 Å². The Kier molecular flexibility index (Phi) is 5.76. The van der Waals surface area contributed by atoms with Gasteiger partial charge in [-0.1, -0.05) is 13.0 Å². The van der Waals surface area contributed by atoms with E-state index in [2.05, 4.69) is 26.1 Å². The topological polar surface area (TPSA) is 41.5 Å². The molecular weight excluding hydrogens is 245 g/mol. The zero-order valence-corrected chi connectivity index (χ0v) is 12.2. The Morgan fingerprint density at radius 3 is 2.58 bits per heavy atom. The smallest absolute Gasteiger partial charge is 0.165 e. The van der Waals surface area contributed by atoms with Crippen molar-refractivity contribution in [3.05, 3.63) is 29.6 Å². The first-order chi connectivity index (χ1) is 8.81. The minimum Gasteiger partial charge on any atom is -0.488 e. The highest BCUT2D eigenvalue weighted by Gasteiger charge is 2.11. The molecule has 0 aliphatic heterocycles. The highest BCUT2D eigenvalue weighted by molar-refractivity contribution is 5.29. The highest BCUT2D eigenvalue weighted by atomic mass is 19.1. The number of ether oxygens (including phenoxy) is 1. The first kappa shape index (κ1) is 15.9. The van der Waals surface area contributed by atoms with Crippen molar-refractivity contribution in [2.24, 2.45) is 0 Å². The molecule has 0 fully saturated rings. The summed E-state index contributed by atoms with van der Waals surface area (Å²) in [5.74, 6) is -0.205. The summed E-state index contributed by atoms with van der Waals surface area (Å²) in [6.45, 7) is 8.77. The summed E-state index contributed by atoms with van der Waals surface area (Å²) < 4.78 is 19.0. The van der Waals surface area contributed by atoms with Gasteiger partial charge in [-0.15, -0.1) is 0 Å². The maximum Gasteiger partial charge on any atom is 0.165 e. The molecule has 1 atom stereocenters. The van der Waals surface area contributed by atoms with E-state index in [1.807, 2.05) is 13.0 Å². The van der Waals surface area contributed by atoms with Crippen LogP contribution in [0.15, 0.2) is 18.2 Å². The Morgan fingerprint density at radius 1 is 1.37 bits per heavy atom. The zero-order chi connectivity index (χ0) is 14.5. The van der Waals surface area contributed by atoms with Gasteiger partial charge in [0.25, 0.3) is 0 Å². The molecule has 0 saturated carbocycles. The molecule has 108 valence electrons. The molecule has 0 aromatic heterocycles. The molecule has 19 heavy (non-hydrogen) atoms. The molecule has 1 rings (SSSR count). The van der Waals surface area contributed by atoms with Crippen LogP contribution in [0.1, 0.15) is 39.7 Å². The minimum absolute atomic E-state index is 0.00309. The molecule has 0 heterocycles. The van der Waals surface area contributed by atoms with Gasteiger partial charge < -0.3 is 15.2 Å². The second-order valence-electron chi connectivity index (χ2n) is 5.74. The van der Waals surface area contributed by atoms with Gasteiger partial charge in [0.15, 0.2) is 11.6 Å². The second-order valence-corrected chi connectivity index (χ2v) is 5.74. The van der Waals surface area contributed by atoms with E-state index >= 15 is 0 Å². The van der Waals surface area contributed by atoms with E-state index in [4.69, 9.17) is 4.74 Å². The maximum atomic E-state index is 13.8. The quantitative estimate of drug-likeness (QED) is 0.834. The van der Waals surface area contributed by atoms with Crippen molar-refractivity contribution in [1.82, 2.24) is 5.32 Å². The molecular formula is C15H24FNO2. The zero-order valence-electron chi connectivity index (χ0n) is 12.2. The fraction of sp³-hybridized carbons (Fsp3) is 0.600. The Balaban J connectivity index is 2.59. The maximum absolute atomic E-state index is 13.8. The molecule has 0 saturated heterocycles.